The Morgan fingerprint density at radius 2 is 1.88 bits per heavy atom. The van der Waals surface area contributed by atoms with Crippen molar-refractivity contribution >= 4 is 34.7 Å². The van der Waals surface area contributed by atoms with Crippen molar-refractivity contribution in [3.63, 3.8) is 0 Å². The van der Waals surface area contributed by atoms with Gasteiger partial charge in [0.15, 0.2) is 22.9 Å². The van der Waals surface area contributed by atoms with Crippen molar-refractivity contribution in [1.82, 2.24) is 9.80 Å². The number of hydrogen-bond donors (Lipinski definition) is 5. The molecular formula is C28H32FN3O8. The Morgan fingerprint density at radius 1 is 1.20 bits per heavy atom. The monoisotopic (exact) mass is 557 g/mol. The first kappa shape index (κ1) is 27.9. The molecule has 4 aliphatic rings. The molecule has 0 unspecified atom stereocenters. The third-order valence-corrected chi connectivity index (χ3v) is 8.85. The van der Waals surface area contributed by atoms with Crippen molar-refractivity contribution in [2.24, 2.45) is 11.8 Å². The van der Waals surface area contributed by atoms with Crippen LogP contribution in [0.4, 0.5) is 10.1 Å². The molecule has 1 aromatic rings. The van der Waals surface area contributed by atoms with Gasteiger partial charge >= 0.3 is 0 Å². The van der Waals surface area contributed by atoms with Gasteiger partial charge in [-0.15, -0.1) is 0 Å². The van der Waals surface area contributed by atoms with Crippen molar-refractivity contribution in [2.75, 3.05) is 33.0 Å². The van der Waals surface area contributed by atoms with E-state index in [4.69, 9.17) is 0 Å². The molecule has 1 saturated carbocycles. The lowest BCUT2D eigenvalue weighted by molar-refractivity contribution is -0.153. The summed E-state index contributed by atoms with van der Waals surface area (Å²) >= 11 is 0. The first-order chi connectivity index (χ1) is 18.7. The highest BCUT2D eigenvalue weighted by Gasteiger charge is 2.64. The van der Waals surface area contributed by atoms with Crippen LogP contribution in [0.25, 0.3) is 5.76 Å². The summed E-state index contributed by atoms with van der Waals surface area (Å²) in [6, 6.07) is -0.677. The average Bonchev–Trinajstić information content (AvgIpc) is 3.30. The quantitative estimate of drug-likeness (QED) is 0.268. The number of likely N-dealkylation sites (N-methyl/N-ethyl adjacent to an activating group) is 2. The van der Waals surface area contributed by atoms with Crippen molar-refractivity contribution in [3.8, 4) is 5.75 Å². The standard InChI is InChI=1S/C28H32FN3O8/c1-11(33)18-24(36)21(31(2)3)14-9-12-8-13-15(29)10-16(30-27(39)17-6-5-7-32(17)4)22(34)20(13)23(35)19(12)26(38)28(14,40)25(18)37/h10,12,14,17,21,34-35,37,40H,5-9H2,1-4H3,(H,30,39)/t12-,14-,17-,21-,28+/m0/s1. The number of carbonyl (C=O) groups excluding carboxylic acids is 4. The van der Waals surface area contributed by atoms with E-state index < -0.39 is 87.0 Å². The summed E-state index contributed by atoms with van der Waals surface area (Å²) in [4.78, 5) is 55.5. The van der Waals surface area contributed by atoms with E-state index in [1.165, 1.54) is 19.0 Å². The van der Waals surface area contributed by atoms with Crippen LogP contribution in [-0.2, 0) is 25.6 Å². The van der Waals surface area contributed by atoms with Gasteiger partial charge in [0.2, 0.25) is 11.7 Å². The van der Waals surface area contributed by atoms with Crippen LogP contribution in [0.1, 0.15) is 37.3 Å². The minimum absolute atomic E-state index is 0.0919. The number of aliphatic hydroxyl groups excluding tert-OH is 2. The zero-order valence-electron chi connectivity index (χ0n) is 22.6. The summed E-state index contributed by atoms with van der Waals surface area (Å²) < 4.78 is 15.4. The number of hydrogen-bond acceptors (Lipinski definition) is 10. The van der Waals surface area contributed by atoms with E-state index in [0.717, 1.165) is 19.4 Å². The molecule has 1 saturated heterocycles. The molecule has 1 amide bonds. The Balaban J connectivity index is 1.63. The number of rotatable bonds is 4. The third-order valence-electron chi connectivity index (χ3n) is 8.85. The molecule has 2 fully saturated rings. The summed E-state index contributed by atoms with van der Waals surface area (Å²) in [5.41, 5.74) is -4.55. The van der Waals surface area contributed by atoms with Gasteiger partial charge < -0.3 is 25.7 Å². The third kappa shape index (κ3) is 3.80. The maximum Gasteiger partial charge on any atom is 0.241 e. The van der Waals surface area contributed by atoms with Gasteiger partial charge in [0.05, 0.1) is 23.3 Å². The number of carbonyl (C=O) groups is 4. The maximum absolute atomic E-state index is 15.4. The summed E-state index contributed by atoms with van der Waals surface area (Å²) in [5, 5.41) is 47.5. The fourth-order valence-corrected chi connectivity index (χ4v) is 6.92. The average molecular weight is 558 g/mol. The van der Waals surface area contributed by atoms with E-state index in [0.29, 0.717) is 13.0 Å². The van der Waals surface area contributed by atoms with Crippen LogP contribution in [0.15, 0.2) is 23.0 Å². The van der Waals surface area contributed by atoms with E-state index in [1.54, 1.807) is 7.05 Å². The summed E-state index contributed by atoms with van der Waals surface area (Å²) in [6.07, 6.45) is 1.10. The van der Waals surface area contributed by atoms with E-state index in [2.05, 4.69) is 5.32 Å². The summed E-state index contributed by atoms with van der Waals surface area (Å²) in [6.45, 7) is 1.74. The lowest BCUT2D eigenvalue weighted by atomic mass is 9.57. The molecule has 1 aliphatic heterocycles. The van der Waals surface area contributed by atoms with Gasteiger partial charge in [-0.25, -0.2) is 4.39 Å². The first-order valence-corrected chi connectivity index (χ1v) is 13.1. The number of anilines is 1. The zero-order chi connectivity index (χ0) is 29.4. The number of Topliss-reactive ketones (excluding diaryl/α,β-unsaturated/α-hetero) is 3. The Bertz CT molecular complexity index is 1430. The Labute approximate surface area is 229 Å². The second kappa shape index (κ2) is 9.50. The van der Waals surface area contributed by atoms with E-state index in [9.17, 15) is 39.6 Å². The van der Waals surface area contributed by atoms with Crippen LogP contribution in [-0.4, -0.2) is 98.9 Å². The highest BCUT2D eigenvalue weighted by atomic mass is 19.1. The van der Waals surface area contributed by atoms with E-state index in [1.807, 2.05) is 4.90 Å². The molecular weight excluding hydrogens is 525 g/mol. The van der Waals surface area contributed by atoms with Gasteiger partial charge in [0.25, 0.3) is 0 Å². The van der Waals surface area contributed by atoms with Crippen LogP contribution in [0.3, 0.4) is 0 Å². The molecule has 5 N–H and O–H groups in total. The van der Waals surface area contributed by atoms with Gasteiger partial charge in [-0.1, -0.05) is 0 Å². The summed E-state index contributed by atoms with van der Waals surface area (Å²) in [7, 11) is 4.83. The summed E-state index contributed by atoms with van der Waals surface area (Å²) in [5.74, 6) is -8.62. The number of nitrogens with zero attached hydrogens (tertiary/aromatic N) is 2. The van der Waals surface area contributed by atoms with Gasteiger partial charge in [0.1, 0.15) is 22.9 Å². The topological polar surface area (TPSA) is 168 Å². The molecule has 0 spiro atoms. The number of likely N-dealkylation sites (tertiary alicyclic amines) is 1. The molecule has 5 rings (SSSR count). The predicted molar refractivity (Wildman–Crippen MR) is 140 cm³/mol. The normalized spacial score (nSPS) is 30.4. The fraction of sp³-hybridized carbons (Fsp3) is 0.500. The van der Waals surface area contributed by atoms with Crippen LogP contribution in [0.2, 0.25) is 0 Å². The molecule has 0 aromatic heterocycles. The Hall–Kier alpha value is -3.61. The SMILES string of the molecule is CC(=O)C1=C(O)[C@@]2(O)C(=O)C3=C(O)c4c(O)c(NC(=O)[C@@H]5CCCN5C)cc(F)c4C[C@H]3C[C@H]2[C@H](N(C)C)C1=O. The predicted octanol–water partition coefficient (Wildman–Crippen LogP) is 1.24. The molecule has 214 valence electrons. The second-order valence-corrected chi connectivity index (χ2v) is 11.4. The largest absolute Gasteiger partial charge is 0.508 e. The highest BCUT2D eigenvalue weighted by Crippen LogP contribution is 2.53. The minimum Gasteiger partial charge on any atom is -0.508 e. The molecule has 5 atom stereocenters. The number of aliphatic hydroxyl groups is 3. The molecule has 40 heavy (non-hydrogen) atoms. The van der Waals surface area contributed by atoms with E-state index >= 15 is 4.39 Å². The van der Waals surface area contributed by atoms with Gasteiger partial charge in [-0.05, 0) is 66.2 Å². The fourth-order valence-electron chi connectivity index (χ4n) is 6.92. The number of fused-ring (bicyclic) bond motifs is 3. The number of aromatic hydroxyl groups is 1. The number of halogens is 1. The smallest absolute Gasteiger partial charge is 0.241 e. The van der Waals surface area contributed by atoms with Crippen LogP contribution >= 0.6 is 0 Å². The Kier molecular flexibility index (Phi) is 6.63. The van der Waals surface area contributed by atoms with Crippen molar-refractivity contribution < 1.29 is 44.0 Å². The van der Waals surface area contributed by atoms with Crippen LogP contribution in [0.5, 0.6) is 5.75 Å². The molecule has 11 nitrogen and oxygen atoms in total. The minimum atomic E-state index is -2.71. The van der Waals surface area contributed by atoms with Crippen LogP contribution in [0, 0.1) is 17.7 Å². The lowest BCUT2D eigenvalue weighted by Gasteiger charge is -2.50. The molecule has 1 heterocycles. The van der Waals surface area contributed by atoms with Gasteiger partial charge in [0, 0.05) is 23.1 Å². The number of benzene rings is 1. The number of nitrogens with one attached hydrogen (secondary N) is 1. The Morgan fingerprint density at radius 3 is 2.45 bits per heavy atom. The van der Waals surface area contributed by atoms with Crippen molar-refractivity contribution in [2.45, 2.75) is 50.3 Å². The number of phenolic OH excluding ortho intramolecular Hbond substituents is 1. The molecule has 12 heteroatoms. The van der Waals surface area contributed by atoms with Crippen LogP contribution < -0.4 is 5.32 Å². The van der Waals surface area contributed by atoms with Gasteiger partial charge in [-0.3, -0.25) is 29.0 Å². The lowest BCUT2D eigenvalue weighted by Crippen LogP contribution is -2.65. The highest BCUT2D eigenvalue weighted by molar-refractivity contribution is 6.25. The first-order valence-electron chi connectivity index (χ1n) is 13.1. The van der Waals surface area contributed by atoms with Crippen molar-refractivity contribution in [1.29, 1.82) is 0 Å². The molecule has 1 aromatic carbocycles. The molecule has 0 radical (unpaired) electrons. The molecule has 0 bridgehead atoms. The van der Waals surface area contributed by atoms with Gasteiger partial charge in [-0.2, -0.15) is 0 Å². The molecule has 3 aliphatic carbocycles. The number of phenols is 1. The second-order valence-electron chi connectivity index (χ2n) is 11.4. The van der Waals surface area contributed by atoms with E-state index in [-0.39, 0.29) is 29.7 Å². The maximum atomic E-state index is 15.4. The number of ketones is 3. The zero-order valence-corrected chi connectivity index (χ0v) is 22.6. The van der Waals surface area contributed by atoms with Crippen molar-refractivity contribution in [3.05, 3.63) is 39.9 Å². The number of amides is 1.